The zero-order chi connectivity index (χ0) is 15.2. The minimum atomic E-state index is 0.498. The predicted octanol–water partition coefficient (Wildman–Crippen LogP) is 3.91. The first-order valence-electron chi connectivity index (χ1n) is 7.69. The van der Waals surface area contributed by atoms with Crippen molar-refractivity contribution < 1.29 is 0 Å². The maximum absolute atomic E-state index is 4.67. The average Bonchev–Trinajstić information content (AvgIpc) is 2.45. The van der Waals surface area contributed by atoms with Gasteiger partial charge in [0, 0.05) is 6.54 Å². The number of nitrogens with one attached hydrogen (secondary N) is 1. The molecular formula is C18H25N3. The number of benzene rings is 1. The Morgan fingerprint density at radius 1 is 1.14 bits per heavy atom. The molecule has 0 saturated heterocycles. The van der Waals surface area contributed by atoms with E-state index in [9.17, 15) is 0 Å². The van der Waals surface area contributed by atoms with E-state index in [1.54, 1.807) is 0 Å². The fourth-order valence-corrected chi connectivity index (χ4v) is 2.16. The number of fused-ring (bicyclic) bond motifs is 1. The summed E-state index contributed by atoms with van der Waals surface area (Å²) in [7, 11) is 0. The van der Waals surface area contributed by atoms with Crippen molar-refractivity contribution in [1.82, 2.24) is 15.3 Å². The van der Waals surface area contributed by atoms with Gasteiger partial charge in [-0.05, 0) is 36.6 Å². The van der Waals surface area contributed by atoms with Crippen LogP contribution in [-0.4, -0.2) is 23.1 Å². The largest absolute Gasteiger partial charge is 0.313 e. The quantitative estimate of drug-likeness (QED) is 0.873. The Morgan fingerprint density at radius 3 is 2.52 bits per heavy atom. The van der Waals surface area contributed by atoms with E-state index in [1.807, 2.05) is 30.5 Å². The standard InChI is InChI=1S/C18H25N3/c1-13(2)10-19-11-15(14(3)4)9-16-12-20-17-7-5-6-8-18(17)21-16/h5-9,12-14,19H,10-11H2,1-4H3. The number of hydrogen-bond donors (Lipinski definition) is 1. The molecular weight excluding hydrogens is 258 g/mol. The molecule has 21 heavy (non-hydrogen) atoms. The van der Waals surface area contributed by atoms with Crippen LogP contribution in [0, 0.1) is 11.8 Å². The number of para-hydroxylation sites is 2. The molecule has 0 spiro atoms. The van der Waals surface area contributed by atoms with Crippen LogP contribution in [0.2, 0.25) is 0 Å². The lowest BCUT2D eigenvalue weighted by molar-refractivity contribution is 0.558. The minimum Gasteiger partial charge on any atom is -0.313 e. The van der Waals surface area contributed by atoms with Gasteiger partial charge in [-0.15, -0.1) is 0 Å². The second-order valence-electron chi connectivity index (χ2n) is 6.18. The monoisotopic (exact) mass is 283 g/mol. The maximum atomic E-state index is 4.67. The first kappa shape index (κ1) is 15.6. The molecule has 1 aromatic carbocycles. The molecule has 1 aromatic heterocycles. The van der Waals surface area contributed by atoms with E-state index < -0.39 is 0 Å². The number of aromatic nitrogens is 2. The summed E-state index contributed by atoms with van der Waals surface area (Å²) in [4.78, 5) is 9.15. The van der Waals surface area contributed by atoms with Crippen LogP contribution in [0.3, 0.4) is 0 Å². The highest BCUT2D eigenvalue weighted by atomic mass is 14.9. The first-order chi connectivity index (χ1) is 10.1. The summed E-state index contributed by atoms with van der Waals surface area (Å²) < 4.78 is 0. The Labute approximate surface area is 127 Å². The van der Waals surface area contributed by atoms with Crippen molar-refractivity contribution in [2.75, 3.05) is 13.1 Å². The number of rotatable bonds is 6. The minimum absolute atomic E-state index is 0.498. The molecule has 3 nitrogen and oxygen atoms in total. The molecule has 0 unspecified atom stereocenters. The molecule has 2 rings (SSSR count). The summed E-state index contributed by atoms with van der Waals surface area (Å²) in [6.45, 7) is 10.8. The molecule has 2 aromatic rings. The Balaban J connectivity index is 2.18. The SMILES string of the molecule is CC(C)CNCC(=Cc1cnc2ccccc2n1)C(C)C. The van der Waals surface area contributed by atoms with E-state index in [0.717, 1.165) is 29.8 Å². The van der Waals surface area contributed by atoms with Gasteiger partial charge in [-0.25, -0.2) is 4.98 Å². The second-order valence-corrected chi connectivity index (χ2v) is 6.18. The van der Waals surface area contributed by atoms with Crippen LogP contribution in [0.25, 0.3) is 17.1 Å². The van der Waals surface area contributed by atoms with Crippen molar-refractivity contribution in [3.63, 3.8) is 0 Å². The van der Waals surface area contributed by atoms with Crippen LogP contribution in [-0.2, 0) is 0 Å². The molecule has 0 aliphatic rings. The molecule has 0 aliphatic carbocycles. The van der Waals surface area contributed by atoms with Gasteiger partial charge >= 0.3 is 0 Å². The highest BCUT2D eigenvalue weighted by molar-refractivity contribution is 5.74. The molecule has 1 N–H and O–H groups in total. The lowest BCUT2D eigenvalue weighted by Crippen LogP contribution is -2.23. The Kier molecular flexibility index (Phi) is 5.45. The second kappa shape index (κ2) is 7.32. The lowest BCUT2D eigenvalue weighted by Gasteiger charge is -2.14. The highest BCUT2D eigenvalue weighted by Crippen LogP contribution is 2.15. The summed E-state index contributed by atoms with van der Waals surface area (Å²) in [6.07, 6.45) is 4.02. The van der Waals surface area contributed by atoms with Gasteiger partial charge in [0.2, 0.25) is 0 Å². The van der Waals surface area contributed by atoms with Crippen molar-refractivity contribution in [1.29, 1.82) is 0 Å². The van der Waals surface area contributed by atoms with E-state index in [4.69, 9.17) is 0 Å². The zero-order valence-corrected chi connectivity index (χ0v) is 13.4. The lowest BCUT2D eigenvalue weighted by atomic mass is 10.0. The summed E-state index contributed by atoms with van der Waals surface area (Å²) in [5, 5.41) is 3.51. The number of nitrogens with zero attached hydrogens (tertiary/aromatic N) is 2. The van der Waals surface area contributed by atoms with Crippen LogP contribution in [0.15, 0.2) is 36.0 Å². The normalized spacial score (nSPS) is 12.6. The van der Waals surface area contributed by atoms with Gasteiger partial charge in [0.1, 0.15) is 0 Å². The summed E-state index contributed by atoms with van der Waals surface area (Å²) in [5.74, 6) is 1.16. The van der Waals surface area contributed by atoms with E-state index >= 15 is 0 Å². The average molecular weight is 283 g/mol. The molecule has 0 atom stereocenters. The van der Waals surface area contributed by atoms with E-state index in [1.165, 1.54) is 5.57 Å². The molecule has 3 heteroatoms. The van der Waals surface area contributed by atoms with Gasteiger partial charge in [-0.1, -0.05) is 45.4 Å². The summed E-state index contributed by atoms with van der Waals surface area (Å²) >= 11 is 0. The van der Waals surface area contributed by atoms with Crippen molar-refractivity contribution in [2.45, 2.75) is 27.7 Å². The molecule has 0 amide bonds. The molecule has 0 fully saturated rings. The van der Waals surface area contributed by atoms with Crippen molar-refractivity contribution in [3.8, 4) is 0 Å². The molecule has 0 aliphatic heterocycles. The van der Waals surface area contributed by atoms with Gasteiger partial charge < -0.3 is 5.32 Å². The first-order valence-corrected chi connectivity index (χ1v) is 7.69. The van der Waals surface area contributed by atoms with Gasteiger partial charge in [-0.3, -0.25) is 4.98 Å². The van der Waals surface area contributed by atoms with E-state index in [0.29, 0.717) is 11.8 Å². The van der Waals surface area contributed by atoms with Crippen molar-refractivity contribution >= 4 is 17.1 Å². The smallest absolute Gasteiger partial charge is 0.0894 e. The molecule has 0 bridgehead atoms. The zero-order valence-electron chi connectivity index (χ0n) is 13.4. The van der Waals surface area contributed by atoms with Crippen LogP contribution < -0.4 is 5.32 Å². The van der Waals surface area contributed by atoms with Crippen LogP contribution >= 0.6 is 0 Å². The van der Waals surface area contributed by atoms with E-state index in [2.05, 4.69) is 49.1 Å². The Bertz CT molecular complexity index is 615. The fourth-order valence-electron chi connectivity index (χ4n) is 2.16. The summed E-state index contributed by atoms with van der Waals surface area (Å²) in [6, 6.07) is 7.98. The highest BCUT2D eigenvalue weighted by Gasteiger charge is 2.05. The molecule has 0 radical (unpaired) electrons. The Morgan fingerprint density at radius 2 is 1.86 bits per heavy atom. The third kappa shape index (κ3) is 4.64. The van der Waals surface area contributed by atoms with E-state index in [-0.39, 0.29) is 0 Å². The maximum Gasteiger partial charge on any atom is 0.0894 e. The molecule has 112 valence electrons. The van der Waals surface area contributed by atoms with Crippen LogP contribution in [0.5, 0.6) is 0 Å². The predicted molar refractivity (Wildman–Crippen MR) is 90.1 cm³/mol. The fraction of sp³-hybridized carbons (Fsp3) is 0.444. The van der Waals surface area contributed by atoms with Gasteiger partial charge in [-0.2, -0.15) is 0 Å². The topological polar surface area (TPSA) is 37.8 Å². The van der Waals surface area contributed by atoms with Gasteiger partial charge in [0.25, 0.3) is 0 Å². The number of hydrogen-bond acceptors (Lipinski definition) is 3. The van der Waals surface area contributed by atoms with Crippen LogP contribution in [0.1, 0.15) is 33.4 Å². The molecule has 1 heterocycles. The van der Waals surface area contributed by atoms with Crippen LogP contribution in [0.4, 0.5) is 0 Å². The van der Waals surface area contributed by atoms with Gasteiger partial charge in [0.15, 0.2) is 0 Å². The third-order valence-electron chi connectivity index (χ3n) is 3.42. The molecule has 0 saturated carbocycles. The van der Waals surface area contributed by atoms with Crippen molar-refractivity contribution in [2.24, 2.45) is 11.8 Å². The van der Waals surface area contributed by atoms with Crippen molar-refractivity contribution in [3.05, 3.63) is 41.7 Å². The summed E-state index contributed by atoms with van der Waals surface area (Å²) in [5.41, 5.74) is 4.19. The van der Waals surface area contributed by atoms with Gasteiger partial charge in [0.05, 0.1) is 22.9 Å². The third-order valence-corrected chi connectivity index (χ3v) is 3.42. The Hall–Kier alpha value is -1.74.